The maximum atomic E-state index is 6.14. The normalized spacial score (nSPS) is 11.4. The quantitative estimate of drug-likeness (QED) is 0.605. The van der Waals surface area contributed by atoms with Gasteiger partial charge in [-0.25, -0.2) is 0 Å². The number of halogens is 1. The molecule has 0 fully saturated rings. The second-order valence-corrected chi connectivity index (χ2v) is 4.27. The Kier molecular flexibility index (Phi) is 4.00. The van der Waals surface area contributed by atoms with Crippen LogP contribution >= 0.6 is 11.6 Å². The molecule has 0 saturated heterocycles. The highest BCUT2D eigenvalue weighted by Crippen LogP contribution is 2.33. The standard InChI is InChI=1S/C14H12ClOSi/c15-11-14(16-17,12-7-3-1-4-8-12)13-9-5-2-6-10-13/h1-10H,11H2. The smallest absolute Gasteiger partial charge is 0.248 e. The molecule has 17 heavy (non-hydrogen) atoms. The maximum Gasteiger partial charge on any atom is 0.248 e. The predicted molar refractivity (Wildman–Crippen MR) is 71.2 cm³/mol. The molecule has 0 saturated carbocycles. The molecular weight excluding hydrogens is 248 g/mol. The molecule has 0 aliphatic rings. The number of hydrogen-bond acceptors (Lipinski definition) is 1. The monoisotopic (exact) mass is 259 g/mol. The third-order valence-electron chi connectivity index (χ3n) is 2.84. The summed E-state index contributed by atoms with van der Waals surface area (Å²) in [5, 5.41) is 0. The van der Waals surface area contributed by atoms with Gasteiger partial charge in [0.1, 0.15) is 5.60 Å². The molecule has 2 rings (SSSR count). The second-order valence-electron chi connectivity index (χ2n) is 3.79. The summed E-state index contributed by atoms with van der Waals surface area (Å²) in [4.78, 5) is 0. The third kappa shape index (κ3) is 2.29. The van der Waals surface area contributed by atoms with Crippen LogP contribution in [0.5, 0.6) is 0 Å². The fourth-order valence-electron chi connectivity index (χ4n) is 1.88. The van der Waals surface area contributed by atoms with Gasteiger partial charge >= 0.3 is 0 Å². The molecule has 2 aromatic carbocycles. The van der Waals surface area contributed by atoms with Crippen molar-refractivity contribution in [2.45, 2.75) is 5.60 Å². The van der Waals surface area contributed by atoms with Gasteiger partial charge in [0.25, 0.3) is 0 Å². The molecule has 3 heteroatoms. The summed E-state index contributed by atoms with van der Waals surface area (Å²) in [5.74, 6) is 0.338. The third-order valence-corrected chi connectivity index (χ3v) is 3.57. The highest BCUT2D eigenvalue weighted by molar-refractivity contribution is 6.19. The molecule has 0 amide bonds. The predicted octanol–water partition coefficient (Wildman–Crippen LogP) is 3.27. The van der Waals surface area contributed by atoms with Crippen molar-refractivity contribution < 1.29 is 4.43 Å². The van der Waals surface area contributed by atoms with Crippen LogP contribution < -0.4 is 0 Å². The fraction of sp³-hybridized carbons (Fsp3) is 0.143. The Morgan fingerprint density at radius 1 is 0.882 bits per heavy atom. The Hall–Kier alpha value is -1.09. The van der Waals surface area contributed by atoms with Crippen LogP contribution in [0.1, 0.15) is 11.1 Å². The van der Waals surface area contributed by atoms with Crippen LogP contribution in [0.2, 0.25) is 0 Å². The molecule has 1 nitrogen and oxygen atoms in total. The average molecular weight is 260 g/mol. The Bertz CT molecular complexity index is 413. The van der Waals surface area contributed by atoms with Gasteiger partial charge in [-0.15, -0.1) is 11.6 Å². The second kappa shape index (κ2) is 5.49. The van der Waals surface area contributed by atoms with Crippen LogP contribution in [0.15, 0.2) is 60.7 Å². The maximum absolute atomic E-state index is 6.14. The molecule has 3 radical (unpaired) electrons. The van der Waals surface area contributed by atoms with Crippen molar-refractivity contribution >= 4 is 22.1 Å². The molecule has 0 aliphatic carbocycles. The van der Waals surface area contributed by atoms with Gasteiger partial charge in [-0.3, -0.25) is 0 Å². The van der Waals surface area contributed by atoms with E-state index in [2.05, 4.69) is 10.5 Å². The number of hydrogen-bond donors (Lipinski definition) is 0. The van der Waals surface area contributed by atoms with Gasteiger partial charge in [0.2, 0.25) is 10.5 Å². The number of benzene rings is 2. The first-order valence-electron chi connectivity index (χ1n) is 5.35. The lowest BCUT2D eigenvalue weighted by atomic mass is 9.88. The van der Waals surface area contributed by atoms with Crippen LogP contribution in [-0.2, 0) is 10.0 Å². The number of rotatable bonds is 4. The zero-order chi connectivity index (χ0) is 12.1. The van der Waals surface area contributed by atoms with Crippen LogP contribution in [0, 0.1) is 0 Å². The summed E-state index contributed by atoms with van der Waals surface area (Å²) in [6.07, 6.45) is 0. The summed E-state index contributed by atoms with van der Waals surface area (Å²) in [6.45, 7) is 0. The largest absolute Gasteiger partial charge is 0.404 e. The summed E-state index contributed by atoms with van der Waals surface area (Å²) in [7, 11) is 3.18. The zero-order valence-electron chi connectivity index (χ0n) is 9.27. The lowest BCUT2D eigenvalue weighted by Crippen LogP contribution is -2.32. The molecule has 0 aromatic heterocycles. The lowest BCUT2D eigenvalue weighted by molar-refractivity contribution is 0.152. The Morgan fingerprint density at radius 3 is 1.59 bits per heavy atom. The van der Waals surface area contributed by atoms with Gasteiger partial charge in [0, 0.05) is 0 Å². The summed E-state index contributed by atoms with van der Waals surface area (Å²) < 4.78 is 5.53. The molecule has 0 aliphatic heterocycles. The molecule has 0 bridgehead atoms. The van der Waals surface area contributed by atoms with Gasteiger partial charge in [-0.05, 0) is 11.1 Å². The van der Waals surface area contributed by atoms with Crippen LogP contribution in [0.25, 0.3) is 0 Å². The molecule has 0 spiro atoms. The summed E-state index contributed by atoms with van der Waals surface area (Å²) in [6, 6.07) is 19.9. The van der Waals surface area contributed by atoms with E-state index in [0.29, 0.717) is 5.88 Å². The van der Waals surface area contributed by atoms with E-state index in [4.69, 9.17) is 16.0 Å². The van der Waals surface area contributed by atoms with E-state index in [9.17, 15) is 0 Å². The molecule has 2 aromatic rings. The highest BCUT2D eigenvalue weighted by Gasteiger charge is 2.32. The van der Waals surface area contributed by atoms with Crippen molar-refractivity contribution in [2.75, 3.05) is 5.88 Å². The van der Waals surface area contributed by atoms with Gasteiger partial charge in [0.15, 0.2) is 0 Å². The van der Waals surface area contributed by atoms with Crippen molar-refractivity contribution in [3.63, 3.8) is 0 Å². The molecule has 0 N–H and O–H groups in total. The van der Waals surface area contributed by atoms with Crippen molar-refractivity contribution in [2.24, 2.45) is 0 Å². The topological polar surface area (TPSA) is 9.23 Å². The van der Waals surface area contributed by atoms with Crippen molar-refractivity contribution in [3.05, 3.63) is 71.8 Å². The first-order valence-corrected chi connectivity index (χ1v) is 6.29. The zero-order valence-corrected chi connectivity index (χ0v) is 11.0. The van der Waals surface area contributed by atoms with Gasteiger partial charge in [-0.1, -0.05) is 60.7 Å². The fourth-order valence-corrected chi connectivity index (χ4v) is 2.64. The van der Waals surface area contributed by atoms with E-state index in [1.54, 1.807) is 0 Å². The lowest BCUT2D eigenvalue weighted by Gasteiger charge is -2.32. The Balaban J connectivity index is 2.54. The molecule has 0 heterocycles. The van der Waals surface area contributed by atoms with E-state index < -0.39 is 5.60 Å². The van der Waals surface area contributed by atoms with Gasteiger partial charge < -0.3 is 4.43 Å². The van der Waals surface area contributed by atoms with Gasteiger partial charge in [-0.2, -0.15) is 0 Å². The van der Waals surface area contributed by atoms with Gasteiger partial charge in [0.05, 0.1) is 5.88 Å². The van der Waals surface area contributed by atoms with Crippen LogP contribution in [-0.4, -0.2) is 16.4 Å². The van der Waals surface area contributed by atoms with E-state index in [-0.39, 0.29) is 0 Å². The molecule has 0 unspecified atom stereocenters. The van der Waals surface area contributed by atoms with Crippen LogP contribution in [0.4, 0.5) is 0 Å². The van der Waals surface area contributed by atoms with Crippen molar-refractivity contribution in [3.8, 4) is 0 Å². The highest BCUT2D eigenvalue weighted by atomic mass is 35.5. The van der Waals surface area contributed by atoms with Crippen molar-refractivity contribution in [1.82, 2.24) is 0 Å². The minimum atomic E-state index is -0.652. The number of alkyl halides is 1. The average Bonchev–Trinajstić information content (AvgIpc) is 2.43. The molecule has 0 atom stereocenters. The minimum absolute atomic E-state index is 0.338. The minimum Gasteiger partial charge on any atom is -0.404 e. The molecule has 85 valence electrons. The van der Waals surface area contributed by atoms with Crippen LogP contribution in [0.3, 0.4) is 0 Å². The first kappa shape index (κ1) is 12.4. The summed E-state index contributed by atoms with van der Waals surface area (Å²) in [5.41, 5.74) is 1.40. The van der Waals surface area contributed by atoms with Crippen molar-refractivity contribution in [1.29, 1.82) is 0 Å². The Morgan fingerprint density at radius 2 is 1.29 bits per heavy atom. The van der Waals surface area contributed by atoms with E-state index in [1.807, 2.05) is 60.7 Å². The van der Waals surface area contributed by atoms with E-state index in [0.717, 1.165) is 11.1 Å². The van der Waals surface area contributed by atoms with E-state index >= 15 is 0 Å². The SMILES string of the molecule is [Si]OC(CCl)(c1ccccc1)c1ccccc1. The first-order chi connectivity index (χ1) is 8.33. The molecular formula is C14H12ClOSi. The van der Waals surface area contributed by atoms with E-state index in [1.165, 1.54) is 0 Å². The summed E-state index contributed by atoms with van der Waals surface area (Å²) >= 11 is 6.14. The Labute approximate surface area is 110 Å².